The summed E-state index contributed by atoms with van der Waals surface area (Å²) in [7, 11) is 4.11. The predicted octanol–water partition coefficient (Wildman–Crippen LogP) is 1.28. The van der Waals surface area contributed by atoms with Crippen molar-refractivity contribution in [1.29, 1.82) is 0 Å². The monoisotopic (exact) mass is 144 g/mol. The van der Waals surface area contributed by atoms with Gasteiger partial charge in [0.05, 0.1) is 0 Å². The zero-order chi connectivity index (χ0) is 8.20. The second-order valence-corrected chi connectivity index (χ2v) is 3.38. The van der Waals surface area contributed by atoms with Crippen molar-refractivity contribution in [3.63, 3.8) is 0 Å². The van der Waals surface area contributed by atoms with E-state index >= 15 is 0 Å². The van der Waals surface area contributed by atoms with Crippen LogP contribution >= 0.6 is 0 Å². The van der Waals surface area contributed by atoms with Crippen molar-refractivity contribution in [2.75, 3.05) is 20.8 Å². The molecule has 0 saturated carbocycles. The topological polar surface area (TPSA) is 15.3 Å². The van der Waals surface area contributed by atoms with Gasteiger partial charge in [-0.05, 0) is 34.4 Å². The Hall–Kier alpha value is -0.0800. The van der Waals surface area contributed by atoms with E-state index in [4.69, 9.17) is 0 Å². The highest BCUT2D eigenvalue weighted by atomic mass is 15.2. The van der Waals surface area contributed by atoms with Gasteiger partial charge in [-0.25, -0.2) is 0 Å². The number of nitrogens with zero attached hydrogens (tertiary/aromatic N) is 1. The van der Waals surface area contributed by atoms with E-state index in [-0.39, 0.29) is 0 Å². The van der Waals surface area contributed by atoms with E-state index in [0.29, 0.717) is 5.54 Å². The van der Waals surface area contributed by atoms with Gasteiger partial charge in [0.2, 0.25) is 0 Å². The van der Waals surface area contributed by atoms with Crippen molar-refractivity contribution in [1.82, 2.24) is 10.2 Å². The van der Waals surface area contributed by atoms with E-state index in [9.17, 15) is 0 Å². The van der Waals surface area contributed by atoms with Crippen LogP contribution < -0.4 is 5.32 Å². The minimum atomic E-state index is 0.322. The second-order valence-electron chi connectivity index (χ2n) is 3.38. The highest BCUT2D eigenvalue weighted by Gasteiger charge is 2.19. The quantitative estimate of drug-likeness (QED) is 0.598. The molecule has 10 heavy (non-hydrogen) atoms. The number of hydrogen-bond donors (Lipinski definition) is 1. The largest absolute Gasteiger partial charge is 0.307 e. The van der Waals surface area contributed by atoms with Gasteiger partial charge in [-0.3, -0.25) is 4.90 Å². The molecular formula is C8H20N2. The summed E-state index contributed by atoms with van der Waals surface area (Å²) in [5.41, 5.74) is 0.322. The Kier molecular flexibility index (Phi) is 3.91. The van der Waals surface area contributed by atoms with E-state index < -0.39 is 0 Å². The summed E-state index contributed by atoms with van der Waals surface area (Å²) in [5, 5.41) is 3.13. The third-order valence-corrected chi connectivity index (χ3v) is 2.29. The first-order valence-corrected chi connectivity index (χ1v) is 3.90. The van der Waals surface area contributed by atoms with E-state index in [0.717, 1.165) is 6.67 Å². The minimum absolute atomic E-state index is 0.322. The summed E-state index contributed by atoms with van der Waals surface area (Å²) in [4.78, 5) is 2.31. The average molecular weight is 144 g/mol. The summed E-state index contributed by atoms with van der Waals surface area (Å²) < 4.78 is 0. The molecule has 2 nitrogen and oxygen atoms in total. The van der Waals surface area contributed by atoms with E-state index in [1.54, 1.807) is 0 Å². The molecule has 2 heteroatoms. The molecule has 0 aliphatic rings. The summed E-state index contributed by atoms with van der Waals surface area (Å²) in [6.45, 7) is 7.68. The van der Waals surface area contributed by atoms with Crippen molar-refractivity contribution in [3.8, 4) is 0 Å². The van der Waals surface area contributed by atoms with Crippen molar-refractivity contribution < 1.29 is 0 Å². The highest BCUT2D eigenvalue weighted by Crippen LogP contribution is 2.14. The van der Waals surface area contributed by atoms with Crippen LogP contribution in [-0.2, 0) is 0 Å². The lowest BCUT2D eigenvalue weighted by Crippen LogP contribution is -2.44. The van der Waals surface area contributed by atoms with Crippen LogP contribution in [0.3, 0.4) is 0 Å². The fourth-order valence-corrected chi connectivity index (χ4v) is 0.721. The lowest BCUT2D eigenvalue weighted by atomic mass is 10.0. The molecule has 0 rings (SSSR count). The average Bonchev–Trinajstić information content (AvgIpc) is 1.89. The Morgan fingerprint density at radius 3 is 2.20 bits per heavy atom. The maximum absolute atomic E-state index is 3.13. The Bertz CT molecular complexity index is 89.3. The first-order valence-electron chi connectivity index (χ1n) is 3.90. The van der Waals surface area contributed by atoms with Crippen LogP contribution in [0.15, 0.2) is 0 Å². The summed E-state index contributed by atoms with van der Waals surface area (Å²) in [5.74, 6) is 0. The molecule has 62 valence electrons. The minimum Gasteiger partial charge on any atom is -0.307 e. The summed E-state index contributed by atoms with van der Waals surface area (Å²) in [6.07, 6.45) is 1.19. The summed E-state index contributed by atoms with van der Waals surface area (Å²) >= 11 is 0. The SMILES string of the molecule is CCC(C)(C)N(C)CNC. The van der Waals surface area contributed by atoms with Gasteiger partial charge in [0, 0.05) is 12.2 Å². The van der Waals surface area contributed by atoms with Crippen molar-refractivity contribution in [2.24, 2.45) is 0 Å². The third-order valence-electron chi connectivity index (χ3n) is 2.29. The molecule has 0 saturated heterocycles. The molecule has 0 radical (unpaired) electrons. The van der Waals surface area contributed by atoms with E-state index in [1.165, 1.54) is 6.42 Å². The molecule has 0 aromatic heterocycles. The lowest BCUT2D eigenvalue weighted by Gasteiger charge is -2.34. The molecule has 0 heterocycles. The predicted molar refractivity (Wildman–Crippen MR) is 46.1 cm³/mol. The maximum Gasteiger partial charge on any atom is 0.0480 e. The lowest BCUT2D eigenvalue weighted by molar-refractivity contribution is 0.143. The molecule has 0 aliphatic carbocycles. The molecule has 0 amide bonds. The second kappa shape index (κ2) is 3.94. The van der Waals surface area contributed by atoms with Gasteiger partial charge in [-0.2, -0.15) is 0 Å². The van der Waals surface area contributed by atoms with Crippen LogP contribution in [0.2, 0.25) is 0 Å². The zero-order valence-electron chi connectivity index (χ0n) is 7.86. The number of rotatable bonds is 4. The Morgan fingerprint density at radius 2 is 1.90 bits per heavy atom. The van der Waals surface area contributed by atoms with Gasteiger partial charge >= 0.3 is 0 Å². The van der Waals surface area contributed by atoms with Gasteiger partial charge in [0.1, 0.15) is 0 Å². The Morgan fingerprint density at radius 1 is 1.40 bits per heavy atom. The number of nitrogens with one attached hydrogen (secondary N) is 1. The van der Waals surface area contributed by atoms with Gasteiger partial charge in [0.25, 0.3) is 0 Å². The Labute approximate surface area is 64.6 Å². The molecule has 0 fully saturated rings. The molecule has 1 N–H and O–H groups in total. The number of hydrogen-bond acceptors (Lipinski definition) is 2. The normalized spacial score (nSPS) is 12.6. The van der Waals surface area contributed by atoms with Gasteiger partial charge in [-0.15, -0.1) is 0 Å². The highest BCUT2D eigenvalue weighted by molar-refractivity contribution is 4.75. The zero-order valence-corrected chi connectivity index (χ0v) is 7.86. The van der Waals surface area contributed by atoms with Crippen molar-refractivity contribution >= 4 is 0 Å². The maximum atomic E-state index is 3.13. The smallest absolute Gasteiger partial charge is 0.0480 e. The molecule has 0 aromatic rings. The third kappa shape index (κ3) is 2.67. The van der Waals surface area contributed by atoms with E-state index in [1.807, 2.05) is 7.05 Å². The van der Waals surface area contributed by atoms with Crippen LogP contribution in [0, 0.1) is 0 Å². The van der Waals surface area contributed by atoms with Crippen molar-refractivity contribution in [3.05, 3.63) is 0 Å². The molecular weight excluding hydrogens is 124 g/mol. The van der Waals surface area contributed by atoms with Crippen LogP contribution in [0.25, 0.3) is 0 Å². The molecule has 0 aliphatic heterocycles. The molecule has 0 spiro atoms. The fourth-order valence-electron chi connectivity index (χ4n) is 0.721. The van der Waals surface area contributed by atoms with Gasteiger partial charge < -0.3 is 5.32 Å². The Balaban J connectivity index is 3.78. The van der Waals surface area contributed by atoms with Crippen LogP contribution in [0.1, 0.15) is 27.2 Å². The van der Waals surface area contributed by atoms with Crippen LogP contribution in [0.4, 0.5) is 0 Å². The molecule has 0 unspecified atom stereocenters. The van der Waals surface area contributed by atoms with Crippen LogP contribution in [-0.4, -0.2) is 31.2 Å². The first kappa shape index (κ1) is 9.92. The van der Waals surface area contributed by atoms with Gasteiger partial charge in [0.15, 0.2) is 0 Å². The molecule has 0 aromatic carbocycles. The molecule has 0 atom stereocenters. The van der Waals surface area contributed by atoms with E-state index in [2.05, 4.69) is 38.0 Å². The van der Waals surface area contributed by atoms with Gasteiger partial charge in [-0.1, -0.05) is 6.92 Å². The molecule has 0 bridgehead atoms. The standard InChI is InChI=1S/C8H20N2/c1-6-8(2,3)10(5)7-9-4/h9H,6-7H2,1-5H3. The summed E-state index contributed by atoms with van der Waals surface area (Å²) in [6, 6.07) is 0. The van der Waals surface area contributed by atoms with Crippen LogP contribution in [0.5, 0.6) is 0 Å². The first-order chi connectivity index (χ1) is 4.54. The van der Waals surface area contributed by atoms with Crippen molar-refractivity contribution in [2.45, 2.75) is 32.7 Å². The fraction of sp³-hybridized carbons (Fsp3) is 1.00.